The van der Waals surface area contributed by atoms with Gasteiger partial charge in [0.25, 0.3) is 0 Å². The van der Waals surface area contributed by atoms with Crippen molar-refractivity contribution in [3.63, 3.8) is 0 Å². The minimum absolute atomic E-state index is 0.247. The highest BCUT2D eigenvalue weighted by Crippen LogP contribution is 2.22. The smallest absolute Gasteiger partial charge is 0.247 e. The van der Waals surface area contributed by atoms with Gasteiger partial charge in [0.05, 0.1) is 13.7 Å². The number of likely N-dealkylation sites (tertiary alicyclic amines) is 1. The fraction of sp³-hybridized carbons (Fsp3) is 0.500. The van der Waals surface area contributed by atoms with Crippen LogP contribution < -0.4 is 4.74 Å². The summed E-state index contributed by atoms with van der Waals surface area (Å²) in [4.78, 5) is 2.26. The third-order valence-electron chi connectivity index (χ3n) is 4.02. The average molecular weight is 303 g/mol. The van der Waals surface area contributed by atoms with Crippen molar-refractivity contribution in [2.24, 2.45) is 5.92 Å². The predicted molar refractivity (Wildman–Crippen MR) is 81.4 cm³/mol. The van der Waals surface area contributed by atoms with Gasteiger partial charge in [0.2, 0.25) is 11.8 Å². The summed E-state index contributed by atoms with van der Waals surface area (Å²) in [6.45, 7) is 2.78. The minimum atomic E-state index is 0.247. The third kappa shape index (κ3) is 3.45. The highest BCUT2D eigenvalue weighted by molar-refractivity contribution is 5.53. The van der Waals surface area contributed by atoms with Crippen LogP contribution in [0.2, 0.25) is 0 Å². The van der Waals surface area contributed by atoms with Crippen LogP contribution >= 0.6 is 0 Å². The summed E-state index contributed by atoms with van der Waals surface area (Å²) in [6.07, 6.45) is 2.19. The number of hydrogen-bond acceptors (Lipinski definition) is 6. The van der Waals surface area contributed by atoms with Gasteiger partial charge in [0, 0.05) is 18.7 Å². The van der Waals surface area contributed by atoms with Crippen molar-refractivity contribution in [1.29, 1.82) is 0 Å². The van der Waals surface area contributed by atoms with E-state index in [2.05, 4.69) is 15.1 Å². The Morgan fingerprint density at radius 1 is 1.32 bits per heavy atom. The van der Waals surface area contributed by atoms with E-state index in [1.807, 2.05) is 24.3 Å². The van der Waals surface area contributed by atoms with Gasteiger partial charge in [-0.15, -0.1) is 10.2 Å². The number of ether oxygens (including phenoxy) is 1. The molecule has 0 aliphatic carbocycles. The maximum absolute atomic E-state index is 9.28. The molecule has 2 heterocycles. The fourth-order valence-electron chi connectivity index (χ4n) is 2.80. The molecule has 1 aromatic heterocycles. The molecule has 1 atom stereocenters. The van der Waals surface area contributed by atoms with Crippen LogP contribution in [0.1, 0.15) is 18.7 Å². The van der Waals surface area contributed by atoms with Gasteiger partial charge in [0.15, 0.2) is 0 Å². The number of aromatic nitrogens is 2. The Morgan fingerprint density at radius 2 is 2.14 bits per heavy atom. The Kier molecular flexibility index (Phi) is 4.70. The number of aliphatic hydroxyl groups is 1. The highest BCUT2D eigenvalue weighted by atomic mass is 16.5. The van der Waals surface area contributed by atoms with Gasteiger partial charge in [-0.1, -0.05) is 0 Å². The van der Waals surface area contributed by atoms with E-state index in [0.717, 1.165) is 37.2 Å². The SMILES string of the molecule is COc1ccc(-c2nnc(CN3CCCC(CO)C3)o2)cc1. The molecule has 1 aliphatic heterocycles. The van der Waals surface area contributed by atoms with E-state index >= 15 is 0 Å². The van der Waals surface area contributed by atoms with Gasteiger partial charge in [-0.05, 0) is 49.6 Å². The van der Waals surface area contributed by atoms with Crippen LogP contribution in [0.4, 0.5) is 0 Å². The Balaban J connectivity index is 1.65. The highest BCUT2D eigenvalue weighted by Gasteiger charge is 2.21. The molecule has 2 aromatic rings. The summed E-state index contributed by atoms with van der Waals surface area (Å²) in [5.74, 6) is 2.29. The molecule has 0 spiro atoms. The van der Waals surface area contributed by atoms with Gasteiger partial charge in [-0.3, -0.25) is 4.90 Å². The van der Waals surface area contributed by atoms with E-state index in [1.165, 1.54) is 0 Å². The molecule has 1 aliphatic rings. The van der Waals surface area contributed by atoms with Crippen molar-refractivity contribution >= 4 is 0 Å². The molecule has 0 amide bonds. The maximum Gasteiger partial charge on any atom is 0.247 e. The Bertz CT molecular complexity index is 597. The van der Waals surface area contributed by atoms with Gasteiger partial charge in [0.1, 0.15) is 5.75 Å². The fourth-order valence-corrected chi connectivity index (χ4v) is 2.80. The van der Waals surface area contributed by atoms with Gasteiger partial charge < -0.3 is 14.3 Å². The summed E-state index contributed by atoms with van der Waals surface area (Å²) in [5.41, 5.74) is 0.881. The second-order valence-corrected chi connectivity index (χ2v) is 5.66. The van der Waals surface area contributed by atoms with E-state index in [1.54, 1.807) is 7.11 Å². The molecule has 6 heteroatoms. The Hall–Kier alpha value is -1.92. The first-order valence-corrected chi connectivity index (χ1v) is 7.58. The van der Waals surface area contributed by atoms with Crippen molar-refractivity contribution in [3.8, 4) is 17.2 Å². The number of benzene rings is 1. The molecular formula is C16H21N3O3. The summed E-state index contributed by atoms with van der Waals surface area (Å²) in [5, 5.41) is 17.5. The van der Waals surface area contributed by atoms with Crippen LogP contribution in [-0.4, -0.2) is 47.0 Å². The number of rotatable bonds is 5. The Labute approximate surface area is 129 Å². The summed E-state index contributed by atoms with van der Waals surface area (Å²) >= 11 is 0. The maximum atomic E-state index is 9.28. The monoisotopic (exact) mass is 303 g/mol. The van der Waals surface area contributed by atoms with Gasteiger partial charge in [-0.25, -0.2) is 0 Å². The molecule has 1 fully saturated rings. The lowest BCUT2D eigenvalue weighted by atomic mass is 9.99. The molecule has 0 bridgehead atoms. The number of piperidine rings is 1. The van der Waals surface area contributed by atoms with Crippen molar-refractivity contribution in [2.45, 2.75) is 19.4 Å². The number of nitrogens with zero attached hydrogens (tertiary/aromatic N) is 3. The zero-order valence-electron chi connectivity index (χ0n) is 12.7. The molecule has 0 radical (unpaired) electrons. The largest absolute Gasteiger partial charge is 0.497 e. The topological polar surface area (TPSA) is 71.6 Å². The van der Waals surface area contributed by atoms with Crippen LogP contribution in [0.5, 0.6) is 5.75 Å². The second-order valence-electron chi connectivity index (χ2n) is 5.66. The van der Waals surface area contributed by atoms with Crippen LogP contribution in [-0.2, 0) is 6.54 Å². The number of hydrogen-bond donors (Lipinski definition) is 1. The average Bonchev–Trinajstić information content (AvgIpc) is 3.03. The molecular weight excluding hydrogens is 282 g/mol. The lowest BCUT2D eigenvalue weighted by molar-refractivity contribution is 0.109. The first-order valence-electron chi connectivity index (χ1n) is 7.58. The first kappa shape index (κ1) is 15.0. The van der Waals surface area contributed by atoms with E-state index in [0.29, 0.717) is 24.2 Å². The molecule has 3 rings (SSSR count). The van der Waals surface area contributed by atoms with Gasteiger partial charge in [-0.2, -0.15) is 0 Å². The van der Waals surface area contributed by atoms with E-state index in [9.17, 15) is 5.11 Å². The lowest BCUT2D eigenvalue weighted by Gasteiger charge is -2.30. The molecule has 118 valence electrons. The standard InChI is InChI=1S/C16H21N3O3/c1-21-14-6-4-13(5-7-14)16-18-17-15(22-16)10-19-8-2-3-12(9-19)11-20/h4-7,12,20H,2-3,8-11H2,1H3. The molecule has 0 saturated carbocycles. The van der Waals surface area contributed by atoms with Crippen molar-refractivity contribution in [2.75, 3.05) is 26.8 Å². The van der Waals surface area contributed by atoms with E-state index < -0.39 is 0 Å². The lowest BCUT2D eigenvalue weighted by Crippen LogP contribution is -2.36. The normalized spacial score (nSPS) is 19.3. The Morgan fingerprint density at radius 3 is 2.86 bits per heavy atom. The first-order chi connectivity index (χ1) is 10.8. The summed E-state index contributed by atoms with van der Waals surface area (Å²) < 4.78 is 10.9. The van der Waals surface area contributed by atoms with Crippen LogP contribution in [0.3, 0.4) is 0 Å². The molecule has 1 saturated heterocycles. The second kappa shape index (κ2) is 6.89. The van der Waals surface area contributed by atoms with E-state index in [4.69, 9.17) is 9.15 Å². The van der Waals surface area contributed by atoms with Crippen molar-refractivity contribution in [1.82, 2.24) is 15.1 Å². The molecule has 6 nitrogen and oxygen atoms in total. The van der Waals surface area contributed by atoms with Crippen molar-refractivity contribution in [3.05, 3.63) is 30.2 Å². The number of methoxy groups -OCH3 is 1. The van der Waals surface area contributed by atoms with Crippen LogP contribution in [0.15, 0.2) is 28.7 Å². The van der Waals surface area contributed by atoms with Crippen molar-refractivity contribution < 1.29 is 14.3 Å². The number of aliphatic hydroxyl groups excluding tert-OH is 1. The summed E-state index contributed by atoms with van der Waals surface area (Å²) in [7, 11) is 1.64. The quantitative estimate of drug-likeness (QED) is 0.910. The third-order valence-corrected chi connectivity index (χ3v) is 4.02. The van der Waals surface area contributed by atoms with Crippen LogP contribution in [0, 0.1) is 5.92 Å². The van der Waals surface area contributed by atoms with Gasteiger partial charge >= 0.3 is 0 Å². The van der Waals surface area contributed by atoms with E-state index in [-0.39, 0.29) is 6.61 Å². The molecule has 1 unspecified atom stereocenters. The summed E-state index contributed by atoms with van der Waals surface area (Å²) in [6, 6.07) is 7.54. The molecule has 1 aromatic carbocycles. The molecule has 22 heavy (non-hydrogen) atoms. The predicted octanol–water partition coefficient (Wildman–Crippen LogP) is 1.95. The molecule has 1 N–H and O–H groups in total. The zero-order chi connectivity index (χ0) is 15.4. The minimum Gasteiger partial charge on any atom is -0.497 e. The van der Waals surface area contributed by atoms with Crippen LogP contribution in [0.25, 0.3) is 11.5 Å². The zero-order valence-corrected chi connectivity index (χ0v) is 12.7.